The van der Waals surface area contributed by atoms with E-state index in [9.17, 15) is 0 Å². The van der Waals surface area contributed by atoms with Crippen molar-refractivity contribution < 1.29 is 0 Å². The Kier molecular flexibility index (Phi) is 7.00. The number of nitrogens with one attached hydrogen (secondary N) is 2. The number of fused-ring (bicyclic) bond motifs is 1. The molecule has 0 aliphatic rings. The lowest BCUT2D eigenvalue weighted by Crippen LogP contribution is -2.38. The van der Waals surface area contributed by atoms with Crippen LogP contribution in [-0.2, 0) is 12.8 Å². The van der Waals surface area contributed by atoms with E-state index in [1.807, 2.05) is 28.8 Å². The summed E-state index contributed by atoms with van der Waals surface area (Å²) in [4.78, 5) is 4.70. The summed E-state index contributed by atoms with van der Waals surface area (Å²) in [5.41, 5.74) is 4.88. The Morgan fingerprint density at radius 3 is 2.64 bits per heavy atom. The number of aryl methyl sites for hydroxylation is 3. The second-order valence-corrected chi connectivity index (χ2v) is 7.08. The Bertz CT molecular complexity index is 907. The van der Waals surface area contributed by atoms with Crippen molar-refractivity contribution in [3.05, 3.63) is 65.1 Å². The summed E-state index contributed by atoms with van der Waals surface area (Å²) in [5, 5.41) is 15.2. The number of hydrogen-bond donors (Lipinski definition) is 2. The molecule has 0 unspecified atom stereocenters. The molecule has 2 N–H and O–H groups in total. The summed E-state index contributed by atoms with van der Waals surface area (Å²) in [6, 6.07) is 12.7. The number of aromatic nitrogens is 3. The van der Waals surface area contributed by atoms with E-state index in [1.165, 1.54) is 16.7 Å². The summed E-state index contributed by atoms with van der Waals surface area (Å²) < 4.78 is 2.04. The Hall–Kier alpha value is -2.89. The van der Waals surface area contributed by atoms with Gasteiger partial charge in [0.1, 0.15) is 5.82 Å². The molecule has 0 saturated carbocycles. The minimum atomic E-state index is 0.751. The maximum absolute atomic E-state index is 4.70. The molecule has 2 heterocycles. The van der Waals surface area contributed by atoms with Crippen LogP contribution in [0, 0.1) is 13.8 Å². The molecule has 6 heteroatoms. The largest absolute Gasteiger partial charge is 0.357 e. The Balaban J connectivity index is 1.48. The first-order valence-corrected chi connectivity index (χ1v) is 10.0. The molecule has 0 aliphatic heterocycles. The second kappa shape index (κ2) is 9.88. The van der Waals surface area contributed by atoms with Gasteiger partial charge in [-0.25, -0.2) is 0 Å². The van der Waals surface area contributed by atoms with Crippen LogP contribution in [0.3, 0.4) is 0 Å². The number of guanidine groups is 1. The summed E-state index contributed by atoms with van der Waals surface area (Å²) >= 11 is 0. The molecule has 0 bridgehead atoms. The van der Waals surface area contributed by atoms with Crippen LogP contribution in [0.2, 0.25) is 0 Å². The van der Waals surface area contributed by atoms with Gasteiger partial charge in [0.15, 0.2) is 11.6 Å². The molecular formula is C22H30N6. The van der Waals surface area contributed by atoms with Gasteiger partial charge in [-0.1, -0.05) is 35.4 Å². The molecule has 28 heavy (non-hydrogen) atoms. The van der Waals surface area contributed by atoms with E-state index in [4.69, 9.17) is 4.99 Å². The van der Waals surface area contributed by atoms with E-state index in [2.05, 4.69) is 59.8 Å². The first-order valence-electron chi connectivity index (χ1n) is 10.0. The monoisotopic (exact) mass is 378 g/mol. The van der Waals surface area contributed by atoms with Gasteiger partial charge >= 0.3 is 0 Å². The fourth-order valence-corrected chi connectivity index (χ4v) is 3.37. The fraction of sp³-hybridized carbons (Fsp3) is 0.409. The molecule has 2 aromatic heterocycles. The molecule has 6 nitrogen and oxygen atoms in total. The summed E-state index contributed by atoms with van der Waals surface area (Å²) in [7, 11) is 0. The average Bonchev–Trinajstić information content (AvgIpc) is 3.07. The number of benzene rings is 1. The van der Waals surface area contributed by atoms with E-state index in [0.717, 1.165) is 56.3 Å². The fourth-order valence-electron chi connectivity index (χ4n) is 3.37. The summed E-state index contributed by atoms with van der Waals surface area (Å²) in [5.74, 6) is 1.86. The number of pyridine rings is 1. The minimum absolute atomic E-state index is 0.751. The quantitative estimate of drug-likeness (QED) is 0.359. The van der Waals surface area contributed by atoms with Gasteiger partial charge in [-0.2, -0.15) is 0 Å². The molecule has 0 amide bonds. The Labute approximate surface area is 167 Å². The number of aliphatic imine (C=N–C) groups is 1. The maximum Gasteiger partial charge on any atom is 0.191 e. The van der Waals surface area contributed by atoms with Crippen LogP contribution in [0.25, 0.3) is 5.65 Å². The molecule has 3 rings (SSSR count). The van der Waals surface area contributed by atoms with Gasteiger partial charge in [-0.05, 0) is 51.3 Å². The first kappa shape index (κ1) is 19.9. The van der Waals surface area contributed by atoms with Crippen LogP contribution in [0.15, 0.2) is 47.6 Å². The molecule has 148 valence electrons. The highest BCUT2D eigenvalue weighted by Crippen LogP contribution is 2.09. The van der Waals surface area contributed by atoms with E-state index in [0.29, 0.717) is 0 Å². The van der Waals surface area contributed by atoms with Crippen molar-refractivity contribution in [1.29, 1.82) is 0 Å². The lowest BCUT2D eigenvalue weighted by molar-refractivity contribution is 0.750. The number of rotatable bonds is 8. The predicted octanol–water partition coefficient (Wildman–Crippen LogP) is 3.08. The molecule has 0 radical (unpaired) electrons. The highest BCUT2D eigenvalue weighted by molar-refractivity contribution is 5.79. The highest BCUT2D eigenvalue weighted by Gasteiger charge is 2.04. The molecule has 0 fully saturated rings. The Morgan fingerprint density at radius 2 is 1.86 bits per heavy atom. The van der Waals surface area contributed by atoms with Gasteiger partial charge in [0, 0.05) is 32.3 Å². The van der Waals surface area contributed by atoms with Crippen molar-refractivity contribution in [2.45, 2.75) is 40.0 Å². The van der Waals surface area contributed by atoms with Crippen molar-refractivity contribution in [3.63, 3.8) is 0 Å². The molecule has 0 spiro atoms. The van der Waals surface area contributed by atoms with E-state index < -0.39 is 0 Å². The summed E-state index contributed by atoms with van der Waals surface area (Å²) in [6.45, 7) is 8.85. The zero-order valence-electron chi connectivity index (χ0n) is 17.1. The van der Waals surface area contributed by atoms with Crippen LogP contribution < -0.4 is 10.6 Å². The van der Waals surface area contributed by atoms with Gasteiger partial charge in [-0.3, -0.25) is 9.39 Å². The second-order valence-electron chi connectivity index (χ2n) is 7.08. The van der Waals surface area contributed by atoms with Gasteiger partial charge in [-0.15, -0.1) is 10.2 Å². The van der Waals surface area contributed by atoms with Gasteiger partial charge < -0.3 is 10.6 Å². The van der Waals surface area contributed by atoms with E-state index in [-0.39, 0.29) is 0 Å². The summed E-state index contributed by atoms with van der Waals surface area (Å²) in [6.07, 6.45) is 4.78. The third-order valence-electron chi connectivity index (χ3n) is 4.54. The standard InChI is InChI=1S/C22H30N6/c1-4-23-22(25-12-10-19-15-17(2)14-18(3)16-19)24-11-7-9-21-27-26-20-8-5-6-13-28(20)21/h5-6,8,13-16H,4,7,9-12H2,1-3H3,(H2,23,24,25). The smallest absolute Gasteiger partial charge is 0.191 e. The van der Waals surface area contributed by atoms with Crippen molar-refractivity contribution in [3.8, 4) is 0 Å². The van der Waals surface area contributed by atoms with Crippen molar-refractivity contribution in [2.24, 2.45) is 4.99 Å². The zero-order valence-corrected chi connectivity index (χ0v) is 17.1. The van der Waals surface area contributed by atoms with Crippen molar-refractivity contribution >= 4 is 11.6 Å². The van der Waals surface area contributed by atoms with Crippen LogP contribution in [0.4, 0.5) is 0 Å². The van der Waals surface area contributed by atoms with Gasteiger partial charge in [0.05, 0.1) is 0 Å². The molecule has 0 aliphatic carbocycles. The van der Waals surface area contributed by atoms with Crippen LogP contribution >= 0.6 is 0 Å². The van der Waals surface area contributed by atoms with Crippen LogP contribution in [0.1, 0.15) is 35.9 Å². The Morgan fingerprint density at radius 1 is 1.04 bits per heavy atom. The van der Waals surface area contributed by atoms with E-state index >= 15 is 0 Å². The maximum atomic E-state index is 4.70. The molecule has 3 aromatic rings. The molecule has 0 atom stereocenters. The average molecular weight is 379 g/mol. The topological polar surface area (TPSA) is 66.6 Å². The van der Waals surface area contributed by atoms with Crippen LogP contribution in [0.5, 0.6) is 0 Å². The minimum Gasteiger partial charge on any atom is -0.357 e. The molecule has 0 saturated heterocycles. The highest BCUT2D eigenvalue weighted by atomic mass is 15.2. The SMILES string of the molecule is CCNC(=NCCCc1nnc2ccccn12)NCCc1cc(C)cc(C)c1. The third-order valence-corrected chi connectivity index (χ3v) is 4.54. The van der Waals surface area contributed by atoms with Gasteiger partial charge in [0.2, 0.25) is 0 Å². The third kappa shape index (κ3) is 5.55. The normalized spacial score (nSPS) is 11.8. The first-order chi connectivity index (χ1) is 13.7. The zero-order chi connectivity index (χ0) is 19.8. The van der Waals surface area contributed by atoms with E-state index in [1.54, 1.807) is 0 Å². The lowest BCUT2D eigenvalue weighted by atomic mass is 10.1. The van der Waals surface area contributed by atoms with Crippen LogP contribution in [-0.4, -0.2) is 40.2 Å². The molecule has 1 aromatic carbocycles. The van der Waals surface area contributed by atoms with Crippen molar-refractivity contribution in [1.82, 2.24) is 25.2 Å². The lowest BCUT2D eigenvalue weighted by Gasteiger charge is -2.12. The predicted molar refractivity (Wildman–Crippen MR) is 115 cm³/mol. The van der Waals surface area contributed by atoms with Crippen molar-refractivity contribution in [2.75, 3.05) is 19.6 Å². The molecular weight excluding hydrogens is 348 g/mol. The van der Waals surface area contributed by atoms with Gasteiger partial charge in [0.25, 0.3) is 0 Å². The number of hydrogen-bond acceptors (Lipinski definition) is 3. The number of nitrogens with zero attached hydrogens (tertiary/aromatic N) is 4.